The third kappa shape index (κ3) is 3.08. The summed E-state index contributed by atoms with van der Waals surface area (Å²) in [6.07, 6.45) is 2.07. The van der Waals surface area contributed by atoms with E-state index in [2.05, 4.69) is 5.32 Å². The first-order valence-electron chi connectivity index (χ1n) is 6.94. The largest absolute Gasteiger partial charge is 0.327 e. The van der Waals surface area contributed by atoms with Gasteiger partial charge in [-0.05, 0) is 30.5 Å². The molecule has 2 fully saturated rings. The number of amides is 3. The van der Waals surface area contributed by atoms with Crippen molar-refractivity contribution >= 4 is 29.3 Å². The highest BCUT2D eigenvalue weighted by molar-refractivity contribution is 6.30. The van der Waals surface area contributed by atoms with Gasteiger partial charge in [-0.2, -0.15) is 0 Å². The van der Waals surface area contributed by atoms with Crippen LogP contribution in [0.1, 0.15) is 24.8 Å². The fraction of sp³-hybridized carbons (Fsp3) is 0.400. The summed E-state index contributed by atoms with van der Waals surface area (Å²) in [6.45, 7) is 0. The van der Waals surface area contributed by atoms with E-state index in [0.29, 0.717) is 5.02 Å². The number of nitrogens with zero attached hydrogens (tertiary/aromatic N) is 1. The lowest BCUT2D eigenvalue weighted by Crippen LogP contribution is -2.46. The quantitative estimate of drug-likeness (QED) is 0.852. The van der Waals surface area contributed by atoms with Crippen molar-refractivity contribution in [1.82, 2.24) is 10.2 Å². The molecule has 1 aliphatic carbocycles. The van der Waals surface area contributed by atoms with Crippen molar-refractivity contribution in [1.29, 1.82) is 0 Å². The van der Waals surface area contributed by atoms with Gasteiger partial charge in [0.15, 0.2) is 0 Å². The molecule has 1 heterocycles. The maximum Gasteiger partial charge on any atom is 0.249 e. The lowest BCUT2D eigenvalue weighted by molar-refractivity contribution is -0.139. The molecule has 110 valence electrons. The molecule has 1 saturated heterocycles. The van der Waals surface area contributed by atoms with Gasteiger partial charge in [-0.25, -0.2) is 0 Å². The highest BCUT2D eigenvalue weighted by Crippen LogP contribution is 2.31. The van der Waals surface area contributed by atoms with Crippen LogP contribution in [0, 0.1) is 0 Å². The second kappa shape index (κ2) is 5.48. The third-order valence-corrected chi connectivity index (χ3v) is 4.03. The van der Waals surface area contributed by atoms with Crippen molar-refractivity contribution in [2.75, 3.05) is 0 Å². The van der Waals surface area contributed by atoms with Crippen LogP contribution < -0.4 is 5.32 Å². The van der Waals surface area contributed by atoms with E-state index in [9.17, 15) is 14.4 Å². The SMILES string of the molecule is O=C1CC(N(C(=O)Cc2ccc(Cl)cc2)C2CC2)C(=O)N1. The smallest absolute Gasteiger partial charge is 0.249 e. The van der Waals surface area contributed by atoms with Gasteiger partial charge < -0.3 is 4.90 Å². The summed E-state index contributed by atoms with van der Waals surface area (Å²) >= 11 is 5.82. The van der Waals surface area contributed by atoms with Crippen LogP contribution in [-0.4, -0.2) is 34.7 Å². The summed E-state index contributed by atoms with van der Waals surface area (Å²) in [4.78, 5) is 37.3. The standard InChI is InChI=1S/C15H15ClN2O3/c16-10-3-1-9(2-4-10)7-14(20)18(11-5-6-11)12-8-13(19)17-15(12)21/h1-4,11-12H,5-8H2,(H,17,19,21). The van der Waals surface area contributed by atoms with E-state index in [1.54, 1.807) is 29.2 Å². The number of imide groups is 1. The zero-order valence-corrected chi connectivity index (χ0v) is 12.1. The van der Waals surface area contributed by atoms with Crippen LogP contribution in [0.5, 0.6) is 0 Å². The Kier molecular flexibility index (Phi) is 3.68. The fourth-order valence-electron chi connectivity index (χ4n) is 2.62. The van der Waals surface area contributed by atoms with Crippen LogP contribution in [0.15, 0.2) is 24.3 Å². The van der Waals surface area contributed by atoms with Crippen molar-refractivity contribution < 1.29 is 14.4 Å². The molecule has 2 aliphatic rings. The van der Waals surface area contributed by atoms with Crippen LogP contribution in [0.4, 0.5) is 0 Å². The van der Waals surface area contributed by atoms with Gasteiger partial charge in [0.25, 0.3) is 0 Å². The van der Waals surface area contributed by atoms with E-state index >= 15 is 0 Å². The van der Waals surface area contributed by atoms with Crippen molar-refractivity contribution in [3.05, 3.63) is 34.9 Å². The minimum absolute atomic E-state index is 0.0711. The van der Waals surface area contributed by atoms with Gasteiger partial charge in [-0.3, -0.25) is 19.7 Å². The summed E-state index contributed by atoms with van der Waals surface area (Å²) in [5, 5.41) is 2.88. The summed E-state index contributed by atoms with van der Waals surface area (Å²) in [6, 6.07) is 6.50. The number of halogens is 1. The lowest BCUT2D eigenvalue weighted by atomic mass is 10.1. The Morgan fingerprint density at radius 3 is 2.43 bits per heavy atom. The first-order chi connectivity index (χ1) is 10.0. The number of carbonyl (C=O) groups is 3. The maximum absolute atomic E-state index is 12.5. The number of rotatable bonds is 4. The van der Waals surface area contributed by atoms with E-state index < -0.39 is 6.04 Å². The van der Waals surface area contributed by atoms with E-state index in [-0.39, 0.29) is 36.6 Å². The summed E-state index contributed by atoms with van der Waals surface area (Å²) in [5.74, 6) is -0.791. The number of benzene rings is 1. The highest BCUT2D eigenvalue weighted by atomic mass is 35.5. The first kappa shape index (κ1) is 14.1. The molecule has 5 nitrogen and oxygen atoms in total. The molecule has 1 saturated carbocycles. The van der Waals surface area contributed by atoms with Crippen LogP contribution in [0.2, 0.25) is 5.02 Å². The predicted octanol–water partition coefficient (Wildman–Crippen LogP) is 1.29. The Hall–Kier alpha value is -1.88. The van der Waals surface area contributed by atoms with Gasteiger partial charge in [0.05, 0.1) is 12.8 Å². The van der Waals surface area contributed by atoms with Crippen LogP contribution in [0.3, 0.4) is 0 Å². The third-order valence-electron chi connectivity index (χ3n) is 3.78. The minimum Gasteiger partial charge on any atom is -0.327 e. The normalized spacial score (nSPS) is 21.3. The predicted molar refractivity (Wildman–Crippen MR) is 76.6 cm³/mol. The van der Waals surface area contributed by atoms with Crippen molar-refractivity contribution in [3.63, 3.8) is 0 Å². The van der Waals surface area contributed by atoms with Crippen molar-refractivity contribution in [2.24, 2.45) is 0 Å². The summed E-state index contributed by atoms with van der Waals surface area (Å²) < 4.78 is 0. The molecule has 0 aromatic heterocycles. The van der Waals surface area contributed by atoms with Gasteiger partial charge in [-0.15, -0.1) is 0 Å². The van der Waals surface area contributed by atoms with Gasteiger partial charge in [0.2, 0.25) is 17.7 Å². The topological polar surface area (TPSA) is 66.5 Å². The molecule has 21 heavy (non-hydrogen) atoms. The number of hydrogen-bond acceptors (Lipinski definition) is 3. The van der Waals surface area contributed by atoms with Gasteiger partial charge in [0, 0.05) is 11.1 Å². The number of nitrogens with one attached hydrogen (secondary N) is 1. The van der Waals surface area contributed by atoms with E-state index in [1.807, 2.05) is 0 Å². The number of hydrogen-bond donors (Lipinski definition) is 1. The molecule has 0 bridgehead atoms. The zero-order valence-electron chi connectivity index (χ0n) is 11.3. The molecule has 0 radical (unpaired) electrons. The molecule has 1 aromatic rings. The molecule has 1 N–H and O–H groups in total. The fourth-order valence-corrected chi connectivity index (χ4v) is 2.74. The average Bonchev–Trinajstić information content (AvgIpc) is 3.19. The molecule has 0 spiro atoms. The molecule has 3 amide bonds. The molecular formula is C15H15ClN2O3. The van der Waals surface area contributed by atoms with Crippen LogP contribution in [-0.2, 0) is 20.8 Å². The Morgan fingerprint density at radius 2 is 1.90 bits per heavy atom. The van der Waals surface area contributed by atoms with Crippen LogP contribution >= 0.6 is 11.6 Å². The maximum atomic E-state index is 12.5. The monoisotopic (exact) mass is 306 g/mol. The molecule has 3 rings (SSSR count). The zero-order chi connectivity index (χ0) is 15.0. The molecule has 1 unspecified atom stereocenters. The Bertz CT molecular complexity index is 595. The second-order valence-electron chi connectivity index (χ2n) is 5.47. The van der Waals surface area contributed by atoms with Gasteiger partial charge in [-0.1, -0.05) is 23.7 Å². The van der Waals surface area contributed by atoms with E-state index in [0.717, 1.165) is 18.4 Å². The second-order valence-corrected chi connectivity index (χ2v) is 5.90. The molecule has 1 aromatic carbocycles. The Morgan fingerprint density at radius 1 is 1.24 bits per heavy atom. The number of carbonyl (C=O) groups excluding carboxylic acids is 3. The molecular weight excluding hydrogens is 292 g/mol. The molecule has 1 atom stereocenters. The van der Waals surface area contributed by atoms with Gasteiger partial charge >= 0.3 is 0 Å². The minimum atomic E-state index is -0.648. The van der Waals surface area contributed by atoms with E-state index in [4.69, 9.17) is 11.6 Å². The van der Waals surface area contributed by atoms with Crippen molar-refractivity contribution in [3.8, 4) is 0 Å². The van der Waals surface area contributed by atoms with Crippen LogP contribution in [0.25, 0.3) is 0 Å². The van der Waals surface area contributed by atoms with E-state index in [1.165, 1.54) is 0 Å². The lowest BCUT2D eigenvalue weighted by Gasteiger charge is -2.26. The average molecular weight is 307 g/mol. The summed E-state index contributed by atoms with van der Waals surface area (Å²) in [7, 11) is 0. The van der Waals surface area contributed by atoms with Crippen molar-refractivity contribution in [2.45, 2.75) is 37.8 Å². The Balaban J connectivity index is 1.75. The first-order valence-corrected chi connectivity index (χ1v) is 7.31. The summed E-state index contributed by atoms with van der Waals surface area (Å²) in [5.41, 5.74) is 0.847. The molecule has 6 heteroatoms. The Labute approximate surface area is 127 Å². The van der Waals surface area contributed by atoms with Gasteiger partial charge in [0.1, 0.15) is 6.04 Å². The molecule has 1 aliphatic heterocycles. The highest BCUT2D eigenvalue weighted by Gasteiger charge is 2.44.